The van der Waals surface area contributed by atoms with Gasteiger partial charge in [0.2, 0.25) is 0 Å². The Kier molecular flexibility index (Phi) is 6.08. The van der Waals surface area contributed by atoms with E-state index in [1.165, 1.54) is 0 Å². The second-order valence-electron chi connectivity index (χ2n) is 4.40. The Morgan fingerprint density at radius 1 is 1.21 bits per heavy atom. The fraction of sp³-hybridized carbons (Fsp3) is 0.615. The molecule has 0 saturated carbocycles. The molecule has 1 heterocycles. The van der Waals surface area contributed by atoms with Gasteiger partial charge in [-0.1, -0.05) is 19.8 Å². The third kappa shape index (κ3) is 5.46. The monoisotopic (exact) mass is 276 g/mol. The molecule has 3 nitrogen and oxygen atoms in total. The minimum absolute atomic E-state index is 0.245. The van der Waals surface area contributed by atoms with Crippen LogP contribution in [0.1, 0.15) is 31.7 Å². The lowest BCUT2D eigenvalue weighted by molar-refractivity contribution is -0.138. The molecule has 0 aliphatic carbocycles. The molecule has 1 rings (SSSR count). The zero-order valence-corrected chi connectivity index (χ0v) is 11.0. The Morgan fingerprint density at radius 2 is 1.95 bits per heavy atom. The van der Waals surface area contributed by atoms with E-state index in [1.54, 1.807) is 0 Å². The van der Waals surface area contributed by atoms with E-state index in [9.17, 15) is 18.0 Å². The lowest BCUT2D eigenvalue weighted by Crippen LogP contribution is -2.28. The summed E-state index contributed by atoms with van der Waals surface area (Å²) in [5.74, 6) is 0. The largest absolute Gasteiger partial charge is 0.417 e. The summed E-state index contributed by atoms with van der Waals surface area (Å²) in [6, 6.07) is 1.77. The molecule has 0 saturated heterocycles. The maximum absolute atomic E-state index is 12.5. The van der Waals surface area contributed by atoms with Crippen LogP contribution in [0.5, 0.6) is 0 Å². The van der Waals surface area contributed by atoms with Crippen molar-refractivity contribution in [1.82, 2.24) is 9.88 Å². The van der Waals surface area contributed by atoms with Gasteiger partial charge in [-0.05, 0) is 19.0 Å². The van der Waals surface area contributed by atoms with Gasteiger partial charge in [0.05, 0.1) is 5.56 Å². The van der Waals surface area contributed by atoms with Gasteiger partial charge in [-0.3, -0.25) is 4.79 Å². The van der Waals surface area contributed by atoms with Crippen molar-refractivity contribution in [2.45, 2.75) is 38.9 Å². The van der Waals surface area contributed by atoms with Crippen LogP contribution in [0.3, 0.4) is 0 Å². The van der Waals surface area contributed by atoms with Crippen molar-refractivity contribution >= 4 is 0 Å². The summed E-state index contributed by atoms with van der Waals surface area (Å²) in [4.78, 5) is 11.4. The smallest absolute Gasteiger partial charge is 0.315 e. The molecular weight excluding hydrogens is 257 g/mol. The summed E-state index contributed by atoms with van der Waals surface area (Å²) in [7, 11) is 0. The Labute approximate surface area is 110 Å². The summed E-state index contributed by atoms with van der Waals surface area (Å²) < 4.78 is 38.6. The zero-order valence-electron chi connectivity index (χ0n) is 11.0. The van der Waals surface area contributed by atoms with E-state index in [0.29, 0.717) is 6.54 Å². The standard InChI is InChI=1S/C13H19F3N2O/c1-2-3-4-7-17-8-9-18-10-11(13(14,15)16)5-6-12(18)19/h5-6,10,17H,2-4,7-9H2,1H3. The predicted molar refractivity (Wildman–Crippen MR) is 68.1 cm³/mol. The molecule has 0 unspecified atom stereocenters. The second kappa shape index (κ2) is 7.33. The van der Waals surface area contributed by atoms with Crippen molar-refractivity contribution in [2.24, 2.45) is 0 Å². The van der Waals surface area contributed by atoms with Crippen LogP contribution in [0.2, 0.25) is 0 Å². The van der Waals surface area contributed by atoms with E-state index < -0.39 is 17.3 Å². The number of halogens is 3. The number of unbranched alkanes of at least 4 members (excludes halogenated alkanes) is 2. The van der Waals surface area contributed by atoms with E-state index in [1.807, 2.05) is 0 Å². The highest BCUT2D eigenvalue weighted by Gasteiger charge is 2.30. The lowest BCUT2D eigenvalue weighted by atomic mass is 10.2. The van der Waals surface area contributed by atoms with E-state index in [-0.39, 0.29) is 6.54 Å². The summed E-state index contributed by atoms with van der Waals surface area (Å²) >= 11 is 0. The average molecular weight is 276 g/mol. The molecule has 6 heteroatoms. The molecule has 0 atom stereocenters. The van der Waals surface area contributed by atoms with Gasteiger partial charge in [0, 0.05) is 25.4 Å². The van der Waals surface area contributed by atoms with Gasteiger partial charge in [0.1, 0.15) is 0 Å². The SMILES string of the molecule is CCCCCNCCn1cc(C(F)(F)F)ccc1=O. The Hall–Kier alpha value is -1.30. The van der Waals surface area contributed by atoms with E-state index in [0.717, 1.165) is 48.7 Å². The van der Waals surface area contributed by atoms with Crippen LogP contribution in [0.25, 0.3) is 0 Å². The Morgan fingerprint density at radius 3 is 2.58 bits per heavy atom. The topological polar surface area (TPSA) is 34.0 Å². The van der Waals surface area contributed by atoms with Crippen LogP contribution in [0.4, 0.5) is 13.2 Å². The minimum atomic E-state index is -4.41. The molecule has 1 aromatic heterocycles. The van der Waals surface area contributed by atoms with Crippen molar-refractivity contribution in [3.05, 3.63) is 34.2 Å². The maximum Gasteiger partial charge on any atom is 0.417 e. The molecule has 108 valence electrons. The fourth-order valence-corrected chi connectivity index (χ4v) is 1.70. The highest BCUT2D eigenvalue weighted by molar-refractivity contribution is 5.13. The van der Waals surface area contributed by atoms with Gasteiger partial charge in [-0.15, -0.1) is 0 Å². The first-order valence-electron chi connectivity index (χ1n) is 6.43. The number of rotatable bonds is 7. The van der Waals surface area contributed by atoms with Crippen LogP contribution >= 0.6 is 0 Å². The number of pyridine rings is 1. The molecule has 0 aliphatic rings. The lowest BCUT2D eigenvalue weighted by Gasteiger charge is -2.11. The van der Waals surface area contributed by atoms with Crippen molar-refractivity contribution in [3.63, 3.8) is 0 Å². The number of alkyl halides is 3. The summed E-state index contributed by atoms with van der Waals surface area (Å²) in [6.45, 7) is 3.66. The first kappa shape index (κ1) is 15.8. The minimum Gasteiger partial charge on any atom is -0.315 e. The van der Waals surface area contributed by atoms with Crippen LogP contribution in [0, 0.1) is 0 Å². The predicted octanol–water partition coefficient (Wildman–Crippen LogP) is 2.65. The van der Waals surface area contributed by atoms with Crippen LogP contribution in [0.15, 0.2) is 23.1 Å². The number of nitrogens with one attached hydrogen (secondary N) is 1. The average Bonchev–Trinajstić information content (AvgIpc) is 2.34. The number of hydrogen-bond acceptors (Lipinski definition) is 2. The van der Waals surface area contributed by atoms with Gasteiger partial charge in [0.25, 0.3) is 5.56 Å². The molecule has 1 N–H and O–H groups in total. The maximum atomic E-state index is 12.5. The van der Waals surface area contributed by atoms with Gasteiger partial charge >= 0.3 is 6.18 Å². The molecule has 0 amide bonds. The summed E-state index contributed by atoms with van der Waals surface area (Å²) in [6.07, 6.45) is -0.265. The molecule has 0 aliphatic heterocycles. The van der Waals surface area contributed by atoms with Crippen molar-refractivity contribution in [2.75, 3.05) is 13.1 Å². The van der Waals surface area contributed by atoms with Crippen molar-refractivity contribution < 1.29 is 13.2 Å². The number of aromatic nitrogens is 1. The van der Waals surface area contributed by atoms with E-state index in [4.69, 9.17) is 0 Å². The molecule has 0 aromatic carbocycles. The van der Waals surface area contributed by atoms with Crippen LogP contribution in [-0.2, 0) is 12.7 Å². The van der Waals surface area contributed by atoms with E-state index in [2.05, 4.69) is 12.2 Å². The molecule has 0 fully saturated rings. The first-order valence-corrected chi connectivity index (χ1v) is 6.43. The molecule has 0 bridgehead atoms. The summed E-state index contributed by atoms with van der Waals surface area (Å²) in [5, 5.41) is 3.11. The van der Waals surface area contributed by atoms with Crippen molar-refractivity contribution in [3.8, 4) is 0 Å². The Bertz CT molecular complexity index is 440. The van der Waals surface area contributed by atoms with Gasteiger partial charge in [-0.25, -0.2) is 0 Å². The summed E-state index contributed by atoms with van der Waals surface area (Å²) in [5.41, 5.74) is -1.21. The highest BCUT2D eigenvalue weighted by Crippen LogP contribution is 2.27. The molecule has 0 radical (unpaired) electrons. The van der Waals surface area contributed by atoms with Crippen LogP contribution in [-0.4, -0.2) is 17.7 Å². The molecule has 19 heavy (non-hydrogen) atoms. The van der Waals surface area contributed by atoms with Gasteiger partial charge < -0.3 is 9.88 Å². The zero-order chi connectivity index (χ0) is 14.3. The third-order valence-corrected chi connectivity index (χ3v) is 2.80. The van der Waals surface area contributed by atoms with Gasteiger partial charge in [0.15, 0.2) is 0 Å². The van der Waals surface area contributed by atoms with Gasteiger partial charge in [-0.2, -0.15) is 13.2 Å². The highest BCUT2D eigenvalue weighted by atomic mass is 19.4. The number of hydrogen-bond donors (Lipinski definition) is 1. The Balaban J connectivity index is 2.51. The van der Waals surface area contributed by atoms with Crippen LogP contribution < -0.4 is 10.9 Å². The normalized spacial score (nSPS) is 11.8. The second-order valence-corrected chi connectivity index (χ2v) is 4.40. The first-order chi connectivity index (χ1) is 8.95. The molecular formula is C13H19F3N2O. The third-order valence-electron chi connectivity index (χ3n) is 2.80. The molecule has 0 spiro atoms. The fourth-order valence-electron chi connectivity index (χ4n) is 1.70. The van der Waals surface area contributed by atoms with Crippen molar-refractivity contribution in [1.29, 1.82) is 0 Å². The quantitative estimate of drug-likeness (QED) is 0.777. The van der Waals surface area contributed by atoms with E-state index >= 15 is 0 Å². The number of nitrogens with zero attached hydrogens (tertiary/aromatic N) is 1. The molecule has 1 aromatic rings.